The van der Waals surface area contributed by atoms with Crippen molar-refractivity contribution in [3.63, 3.8) is 0 Å². The number of nitrogens with two attached hydrogens (primary N) is 2. The van der Waals surface area contributed by atoms with Crippen LogP contribution < -0.4 is 11.5 Å². The van der Waals surface area contributed by atoms with Gasteiger partial charge in [-0.15, -0.1) is 0 Å². The third kappa shape index (κ3) is 59.0. The van der Waals surface area contributed by atoms with Crippen molar-refractivity contribution in [2.24, 2.45) is 41.1 Å². The standard InChI is InChI=1S/C11H16O5.C9H17NO2.C9H16O3.C7H14N2O.C6H8O4.C5H9ClO.2C2H6O/c1-6(2)5-7(12)8-9(13)15-11(3,4)16-10(8)14;2*1-4-12-9(11)6-8(10)5-7(2)3;1-5(2)3-6(8)4-7(9)10;1-6(2)9-4(7)3-5(8)10-6;1-4(2)3-5(6)7;2*1-2-3/h6,12H,5H2,1-4H3;6-7H,4-5,10H2,1-3H3;7H,4-6H2,1-3H3;5,8H,3-4H2,1-2H3,(H2,9,10);3H2,1-2H3;4H,3H2,1-2H3;2*3H,2H2,1H3/b;8-6-;;;;;;. The molecule has 0 atom stereocenters. The van der Waals surface area contributed by atoms with Crippen molar-refractivity contribution in [1.82, 2.24) is 0 Å². The Morgan fingerprint density at radius 1 is 0.630 bits per heavy atom. The van der Waals surface area contributed by atoms with Gasteiger partial charge in [-0.25, -0.2) is 14.4 Å². The van der Waals surface area contributed by atoms with Gasteiger partial charge >= 0.3 is 35.8 Å². The van der Waals surface area contributed by atoms with E-state index in [1.165, 1.54) is 33.8 Å². The molecule has 8 N–H and O–H groups in total. The number of primary amides is 1. The first kappa shape index (κ1) is 79.0. The maximum Gasteiger partial charge on any atom is 0.352 e. The molecule has 73 heavy (non-hydrogen) atoms. The van der Waals surface area contributed by atoms with Crippen LogP contribution in [-0.4, -0.2) is 112 Å². The van der Waals surface area contributed by atoms with Crippen LogP contribution in [0.5, 0.6) is 0 Å². The van der Waals surface area contributed by atoms with Crippen LogP contribution in [-0.2, 0) is 71.6 Å². The molecule has 0 aromatic rings. The number of carbonyl (C=O) groups excluding carboxylic acids is 9. The van der Waals surface area contributed by atoms with E-state index in [-0.39, 0.29) is 67.6 Å². The molecule has 2 rings (SSSR count). The Morgan fingerprint density at radius 3 is 1.30 bits per heavy atom. The summed E-state index contributed by atoms with van der Waals surface area (Å²) in [5.74, 6) is -4.82. The summed E-state index contributed by atoms with van der Waals surface area (Å²) < 4.78 is 28.4. The second-order valence-corrected chi connectivity index (χ2v) is 19.2. The third-order valence-corrected chi connectivity index (χ3v) is 7.27. The first-order valence-electron chi connectivity index (χ1n) is 24.2. The number of carbonyl (C=O) groups is 9. The molecule has 2 aliphatic heterocycles. The molecule has 0 aromatic heterocycles. The fourth-order valence-electron chi connectivity index (χ4n) is 5.00. The van der Waals surface area contributed by atoms with Crippen LogP contribution >= 0.6 is 11.6 Å². The Hall–Kier alpha value is -5.41. The Balaban J connectivity index is -0.000000183. The number of aliphatic hydroxyl groups is 3. The predicted molar refractivity (Wildman–Crippen MR) is 277 cm³/mol. The molecule has 1 amide bonds. The van der Waals surface area contributed by atoms with E-state index in [4.69, 9.17) is 52.9 Å². The molecule has 0 bridgehead atoms. The molecule has 22 heteroatoms. The van der Waals surface area contributed by atoms with Crippen molar-refractivity contribution in [2.45, 2.75) is 188 Å². The topological polar surface area (TPSA) is 346 Å². The van der Waals surface area contributed by atoms with Gasteiger partial charge in [-0.3, -0.25) is 28.8 Å². The summed E-state index contributed by atoms with van der Waals surface area (Å²) in [6.45, 7) is 33.7. The zero-order valence-electron chi connectivity index (χ0n) is 46.9. The van der Waals surface area contributed by atoms with Crippen molar-refractivity contribution in [3.8, 4) is 0 Å². The summed E-state index contributed by atoms with van der Waals surface area (Å²) in [5.41, 5.74) is 11.1. The zero-order valence-corrected chi connectivity index (χ0v) is 47.7. The molecule has 0 aliphatic carbocycles. The first-order valence-corrected chi connectivity index (χ1v) is 24.6. The summed E-state index contributed by atoms with van der Waals surface area (Å²) in [5, 5.41) is 31.8. The number of hydrogen-bond acceptors (Lipinski definition) is 20. The number of esters is 6. The Bertz CT molecular complexity index is 1690. The molecule has 2 heterocycles. The van der Waals surface area contributed by atoms with Gasteiger partial charge in [0.2, 0.25) is 11.1 Å². The van der Waals surface area contributed by atoms with Gasteiger partial charge in [-0.2, -0.15) is 0 Å². The van der Waals surface area contributed by atoms with Crippen LogP contribution in [0.3, 0.4) is 0 Å². The van der Waals surface area contributed by atoms with Gasteiger partial charge in [-0.05, 0) is 81.7 Å². The van der Waals surface area contributed by atoms with Crippen molar-refractivity contribution in [1.29, 1.82) is 5.41 Å². The van der Waals surface area contributed by atoms with E-state index in [1.54, 1.807) is 27.7 Å². The van der Waals surface area contributed by atoms with Crippen molar-refractivity contribution in [3.05, 3.63) is 23.1 Å². The average molecular weight is 1070 g/mol. The van der Waals surface area contributed by atoms with E-state index in [0.717, 1.165) is 6.42 Å². The number of ketones is 1. The molecular formula is C51H92ClN3O18. The van der Waals surface area contributed by atoms with Crippen LogP contribution in [0.1, 0.15) is 176 Å². The third-order valence-electron chi connectivity index (χ3n) is 7.11. The molecule has 0 unspecified atom stereocenters. The number of rotatable bonds is 17. The predicted octanol–water partition coefficient (Wildman–Crippen LogP) is 7.61. The minimum absolute atomic E-state index is 0.0385. The highest BCUT2D eigenvalue weighted by atomic mass is 35.5. The lowest BCUT2D eigenvalue weighted by Crippen LogP contribution is -2.42. The molecule has 21 nitrogen and oxygen atoms in total. The summed E-state index contributed by atoms with van der Waals surface area (Å²) in [7, 11) is 0. The number of ether oxygens (including phenoxy) is 6. The van der Waals surface area contributed by atoms with Gasteiger partial charge < -0.3 is 60.6 Å². The van der Waals surface area contributed by atoms with E-state index in [0.29, 0.717) is 67.6 Å². The lowest BCUT2D eigenvalue weighted by Gasteiger charge is -2.30. The van der Waals surface area contributed by atoms with Gasteiger partial charge in [0.25, 0.3) is 11.6 Å². The number of cyclic esters (lactones) is 4. The van der Waals surface area contributed by atoms with E-state index in [1.807, 2.05) is 69.2 Å². The van der Waals surface area contributed by atoms with E-state index in [9.17, 15) is 48.3 Å². The number of aliphatic hydroxyl groups excluding tert-OH is 3. The highest BCUT2D eigenvalue weighted by molar-refractivity contribution is 6.63. The maximum absolute atomic E-state index is 11.5. The number of allylic oxidation sites excluding steroid dienone is 2. The van der Waals surface area contributed by atoms with Gasteiger partial charge in [-0.1, -0.05) is 69.2 Å². The highest BCUT2D eigenvalue weighted by Gasteiger charge is 2.41. The van der Waals surface area contributed by atoms with Crippen LogP contribution in [0.25, 0.3) is 0 Å². The quantitative estimate of drug-likeness (QED) is 0.0119. The molecule has 0 spiro atoms. The first-order chi connectivity index (χ1) is 33.3. The minimum atomic E-state index is -1.27. The molecule has 2 saturated heterocycles. The summed E-state index contributed by atoms with van der Waals surface area (Å²) in [6, 6.07) is 0. The molecule has 426 valence electrons. The van der Waals surface area contributed by atoms with Gasteiger partial charge in [0.1, 0.15) is 24.4 Å². The molecule has 2 fully saturated rings. The Kier molecular flexibility index (Phi) is 48.9. The number of nitrogens with one attached hydrogen (secondary N) is 1. The fourth-order valence-corrected chi connectivity index (χ4v) is 5.31. The van der Waals surface area contributed by atoms with Crippen LogP contribution in [0, 0.1) is 35.0 Å². The van der Waals surface area contributed by atoms with Crippen LogP contribution in [0.2, 0.25) is 0 Å². The Labute approximate surface area is 439 Å². The summed E-state index contributed by atoms with van der Waals surface area (Å²) in [4.78, 5) is 97.1. The lowest BCUT2D eigenvalue weighted by atomic mass is 10.0. The van der Waals surface area contributed by atoms with Gasteiger partial charge in [0.05, 0.1) is 19.6 Å². The van der Waals surface area contributed by atoms with Gasteiger partial charge in [0, 0.05) is 77.7 Å². The molecule has 0 saturated carbocycles. The summed E-state index contributed by atoms with van der Waals surface area (Å²) in [6.07, 6.45) is 3.69. The smallest absolute Gasteiger partial charge is 0.352 e. The number of amides is 1. The normalized spacial score (nSPS) is 13.8. The largest absolute Gasteiger partial charge is 0.511 e. The summed E-state index contributed by atoms with van der Waals surface area (Å²) >= 11 is 5.03. The van der Waals surface area contributed by atoms with Crippen LogP contribution in [0.15, 0.2) is 23.1 Å². The average Bonchev–Trinajstić information content (AvgIpc) is 3.13. The highest BCUT2D eigenvalue weighted by Crippen LogP contribution is 2.26. The van der Waals surface area contributed by atoms with Gasteiger partial charge in [0.15, 0.2) is 5.57 Å². The van der Waals surface area contributed by atoms with Crippen molar-refractivity contribution in [2.75, 3.05) is 26.4 Å². The SMILES string of the molecule is CC(C)CC(=N)CC(N)=O.CC(C)CC(=O)Cl.CC(C)CC(O)=C1C(=O)OC(C)(C)OC1=O.CC1(C)OC(=O)CC(=O)O1.CCO.CCO.CCOC(=O)/C=C(\N)CC(C)C.CCOC(=O)CC(=O)CC(C)C. The number of Topliss-reactive ketones (excluding diaryl/α,β-unsaturated/α-hetero) is 1. The molecular weight excluding hydrogens is 978 g/mol. The molecule has 2 aliphatic rings. The maximum atomic E-state index is 11.5. The minimum Gasteiger partial charge on any atom is -0.511 e. The van der Waals surface area contributed by atoms with Crippen molar-refractivity contribution >= 4 is 70.1 Å². The lowest BCUT2D eigenvalue weighted by molar-refractivity contribution is -0.231. The molecule has 0 aromatic carbocycles. The number of halogens is 1. The van der Waals surface area contributed by atoms with Crippen molar-refractivity contribution < 1.29 is 86.9 Å². The molecule has 0 radical (unpaired) electrons. The Morgan fingerprint density at radius 2 is 1.00 bits per heavy atom. The number of hydrogen-bond donors (Lipinski definition) is 6. The van der Waals surface area contributed by atoms with E-state index in [2.05, 4.69) is 14.2 Å². The fraction of sp³-hybridized carbons (Fsp3) is 0.725. The second-order valence-electron chi connectivity index (χ2n) is 18.7. The van der Waals surface area contributed by atoms with E-state index >= 15 is 0 Å². The van der Waals surface area contributed by atoms with E-state index < -0.39 is 52.9 Å². The zero-order chi connectivity index (χ0) is 58.8. The monoisotopic (exact) mass is 1070 g/mol. The van der Waals surface area contributed by atoms with Crippen LogP contribution in [0.4, 0.5) is 0 Å². The second kappa shape index (κ2) is 45.2.